The van der Waals surface area contributed by atoms with Crippen LogP contribution in [0.3, 0.4) is 0 Å². The van der Waals surface area contributed by atoms with Gasteiger partial charge < -0.3 is 0 Å². The molecule has 3 aromatic rings. The van der Waals surface area contributed by atoms with Gasteiger partial charge in [-0.3, -0.25) is 0 Å². The van der Waals surface area contributed by atoms with Gasteiger partial charge in [-0.1, -0.05) is 0 Å². The first-order chi connectivity index (χ1) is 21.0. The van der Waals surface area contributed by atoms with Crippen molar-refractivity contribution in [3.8, 4) is 11.1 Å². The molecule has 6 aliphatic carbocycles. The summed E-state index contributed by atoms with van der Waals surface area (Å²) in [6.07, 6.45) is 13.1. The molecule has 0 aliphatic heterocycles. The van der Waals surface area contributed by atoms with Crippen LogP contribution in [0.4, 0.5) is 0 Å². The van der Waals surface area contributed by atoms with Crippen molar-refractivity contribution in [1.29, 1.82) is 0 Å². The van der Waals surface area contributed by atoms with Crippen LogP contribution in [0, 0.1) is 69.6 Å². The second-order valence-corrected chi connectivity index (χ2v) is 22.7. The van der Waals surface area contributed by atoms with E-state index < -0.39 is 21.3 Å². The van der Waals surface area contributed by atoms with Crippen LogP contribution in [-0.2, 0) is 21.3 Å². The van der Waals surface area contributed by atoms with Crippen molar-refractivity contribution in [1.82, 2.24) is 0 Å². The predicted molar refractivity (Wildman–Crippen MR) is 184 cm³/mol. The summed E-state index contributed by atoms with van der Waals surface area (Å²) < 4.78 is 4.08. The zero-order valence-electron chi connectivity index (χ0n) is 28.3. The fraction of sp³-hybridized carbons (Fsp3) is 0.465. The van der Waals surface area contributed by atoms with Crippen molar-refractivity contribution in [2.45, 2.75) is 91.1 Å². The molecule has 9 rings (SSSR count). The number of fused-ring (bicyclic) bond motifs is 3. The standard InChI is InChI=1S/C17H23.C17H17.C9H10.Zr/c1-11-3-4-14(5-11)17(2)15-7-12-6-13(9-15)10-16(17)8-12;1-10-5-14-9-15-6-11(2)13(4)8-17(15)16(14)7-12(10)3;1-3-9-6-4-8(2)5-7-9;/h4-5,11-13,15-16H,6-10H2,1-2H3;5-9H,1-4H3;4-7H,1-2H3;. The first-order valence-corrected chi connectivity index (χ1v) is 21.3. The third-order valence-corrected chi connectivity index (χ3v) is 22.1. The monoisotopic (exact) mass is 656 g/mol. The van der Waals surface area contributed by atoms with Gasteiger partial charge >= 0.3 is 276 Å². The van der Waals surface area contributed by atoms with Crippen molar-refractivity contribution in [3.05, 3.63) is 114 Å². The minimum atomic E-state index is -2.56. The van der Waals surface area contributed by atoms with Crippen LogP contribution in [0.5, 0.6) is 0 Å². The fourth-order valence-electron chi connectivity index (χ4n) is 10.7. The van der Waals surface area contributed by atoms with E-state index in [1.54, 1.807) is 19.9 Å². The molecule has 4 saturated carbocycles. The van der Waals surface area contributed by atoms with E-state index in [1.807, 2.05) is 3.28 Å². The van der Waals surface area contributed by atoms with E-state index in [-0.39, 0.29) is 0 Å². The Morgan fingerprint density at radius 2 is 1.20 bits per heavy atom. The summed E-state index contributed by atoms with van der Waals surface area (Å²) in [4.78, 5) is 0. The Labute approximate surface area is 274 Å². The third kappa shape index (κ3) is 4.34. The molecule has 0 heterocycles. The fourth-order valence-corrected chi connectivity index (χ4v) is 19.7. The molecule has 4 bridgehead atoms. The number of rotatable bonds is 4. The summed E-state index contributed by atoms with van der Waals surface area (Å²) in [6, 6.07) is 19.8. The van der Waals surface area contributed by atoms with Crippen LogP contribution in [0.25, 0.3) is 11.1 Å². The van der Waals surface area contributed by atoms with Gasteiger partial charge in [0.25, 0.3) is 0 Å². The molecular formula is C43H50Zr. The average molecular weight is 658 g/mol. The second-order valence-electron chi connectivity index (χ2n) is 16.0. The molecule has 1 atom stereocenters. The van der Waals surface area contributed by atoms with Crippen LogP contribution in [0.15, 0.2) is 69.5 Å². The van der Waals surface area contributed by atoms with Gasteiger partial charge in [0.05, 0.1) is 0 Å². The molecule has 0 spiro atoms. The van der Waals surface area contributed by atoms with Crippen molar-refractivity contribution in [3.63, 3.8) is 0 Å². The molecule has 0 nitrogen and oxygen atoms in total. The van der Waals surface area contributed by atoms with Gasteiger partial charge in [0.2, 0.25) is 0 Å². The van der Waals surface area contributed by atoms with Crippen LogP contribution >= 0.6 is 0 Å². The summed E-state index contributed by atoms with van der Waals surface area (Å²) in [5.41, 5.74) is 16.9. The van der Waals surface area contributed by atoms with Gasteiger partial charge in [-0.25, -0.2) is 0 Å². The predicted octanol–water partition coefficient (Wildman–Crippen LogP) is 11.1. The average Bonchev–Trinajstić information content (AvgIpc) is 3.50. The first-order valence-electron chi connectivity index (χ1n) is 17.5. The molecule has 0 aromatic heterocycles. The van der Waals surface area contributed by atoms with Gasteiger partial charge in [0.1, 0.15) is 0 Å². The molecule has 6 aliphatic rings. The molecule has 0 N–H and O–H groups in total. The Balaban J connectivity index is 1.34. The Kier molecular flexibility index (Phi) is 6.96. The molecular weight excluding hydrogens is 608 g/mol. The third-order valence-electron chi connectivity index (χ3n) is 13.4. The van der Waals surface area contributed by atoms with E-state index in [9.17, 15) is 0 Å². The van der Waals surface area contributed by atoms with E-state index >= 15 is 0 Å². The minimum absolute atomic E-state index is 0.377. The van der Waals surface area contributed by atoms with Crippen molar-refractivity contribution >= 4 is 3.21 Å². The second kappa shape index (κ2) is 10.5. The maximum absolute atomic E-state index is 2.85. The summed E-state index contributed by atoms with van der Waals surface area (Å²) in [6.45, 7) is 19.3. The SMILES string of the molecule is C[C](c1ccc(C)cc1)=[Zr]([C]1=CC(C2(C)C3CC4CC(C3)CC2C4)=CC1C)[CH]1c2cc(C)c(C)cc2-c2cc(C)c(C)cc21. The molecule has 0 radical (unpaired) electrons. The zero-order chi connectivity index (χ0) is 30.7. The number of benzene rings is 3. The van der Waals surface area contributed by atoms with Crippen LogP contribution < -0.4 is 0 Å². The van der Waals surface area contributed by atoms with E-state index in [1.165, 1.54) is 76.6 Å². The molecule has 0 saturated heterocycles. The Morgan fingerprint density at radius 3 is 1.73 bits per heavy atom. The summed E-state index contributed by atoms with van der Waals surface area (Å²) in [5.74, 6) is 4.36. The summed E-state index contributed by atoms with van der Waals surface area (Å²) in [7, 11) is 0. The van der Waals surface area contributed by atoms with Crippen LogP contribution in [0.2, 0.25) is 0 Å². The Hall–Kier alpha value is -2.11. The van der Waals surface area contributed by atoms with Crippen molar-refractivity contribution < 1.29 is 21.3 Å². The van der Waals surface area contributed by atoms with Crippen molar-refractivity contribution in [2.75, 3.05) is 0 Å². The topological polar surface area (TPSA) is 0 Å². The molecule has 1 unspecified atom stereocenters. The quantitative estimate of drug-likeness (QED) is 0.262. The van der Waals surface area contributed by atoms with Gasteiger partial charge in [-0.05, 0) is 0 Å². The zero-order valence-corrected chi connectivity index (χ0v) is 30.7. The number of allylic oxidation sites excluding steroid dienone is 4. The molecule has 1 heteroatoms. The van der Waals surface area contributed by atoms with Crippen LogP contribution in [0.1, 0.15) is 101 Å². The van der Waals surface area contributed by atoms with E-state index in [0.717, 1.165) is 23.7 Å². The van der Waals surface area contributed by atoms with Crippen LogP contribution in [-0.4, -0.2) is 3.21 Å². The number of hydrogen-bond acceptors (Lipinski definition) is 0. The number of hydrogen-bond donors (Lipinski definition) is 0. The van der Waals surface area contributed by atoms with Gasteiger partial charge in [0.15, 0.2) is 0 Å². The van der Waals surface area contributed by atoms with E-state index in [4.69, 9.17) is 0 Å². The molecule has 44 heavy (non-hydrogen) atoms. The molecule has 0 amide bonds. The Morgan fingerprint density at radius 1 is 0.705 bits per heavy atom. The van der Waals surface area contributed by atoms with Gasteiger partial charge in [-0.2, -0.15) is 0 Å². The van der Waals surface area contributed by atoms with Gasteiger partial charge in [-0.15, -0.1) is 0 Å². The number of aryl methyl sites for hydroxylation is 5. The molecule has 3 aromatic carbocycles. The molecule has 226 valence electrons. The van der Waals surface area contributed by atoms with E-state index in [2.05, 4.69) is 116 Å². The Bertz CT molecular complexity index is 1710. The first kappa shape index (κ1) is 29.3. The summed E-state index contributed by atoms with van der Waals surface area (Å²) in [5, 5.41) is 0. The normalized spacial score (nSPS) is 30.7. The summed E-state index contributed by atoms with van der Waals surface area (Å²) >= 11 is -2.56. The van der Waals surface area contributed by atoms with Gasteiger partial charge in [0, 0.05) is 0 Å². The van der Waals surface area contributed by atoms with Crippen molar-refractivity contribution in [2.24, 2.45) is 35.0 Å². The van der Waals surface area contributed by atoms with E-state index in [0.29, 0.717) is 15.0 Å². The maximum atomic E-state index is 2.85. The molecule has 4 fully saturated rings.